The molecule has 0 radical (unpaired) electrons. The Morgan fingerprint density at radius 1 is 1.60 bits per heavy atom. The van der Waals surface area contributed by atoms with E-state index in [0.717, 1.165) is 35.2 Å². The van der Waals surface area contributed by atoms with E-state index >= 15 is 0 Å². The first-order valence-electron chi connectivity index (χ1n) is 6.20. The van der Waals surface area contributed by atoms with Gasteiger partial charge in [-0.15, -0.1) is 0 Å². The summed E-state index contributed by atoms with van der Waals surface area (Å²) in [5.41, 5.74) is 7.52. The molecule has 1 unspecified atom stereocenters. The van der Waals surface area contributed by atoms with Crippen molar-refractivity contribution in [2.75, 3.05) is 25.1 Å². The summed E-state index contributed by atoms with van der Waals surface area (Å²) >= 11 is 8.50. The van der Waals surface area contributed by atoms with Gasteiger partial charge < -0.3 is 20.7 Å². The van der Waals surface area contributed by atoms with Crippen LogP contribution in [0.3, 0.4) is 0 Å². The van der Waals surface area contributed by atoms with Crippen molar-refractivity contribution in [3.8, 4) is 0 Å². The maximum Gasteiger partial charge on any atom is 0.407 e. The number of thiocarbonyl (C=S) groups is 1. The molecular formula is C13H16BrN3O2S. The van der Waals surface area contributed by atoms with Crippen LogP contribution in [0.15, 0.2) is 22.7 Å². The van der Waals surface area contributed by atoms with Crippen LogP contribution in [0, 0.1) is 0 Å². The van der Waals surface area contributed by atoms with Crippen LogP contribution < -0.4 is 16.0 Å². The number of nitrogens with two attached hydrogens (primary N) is 1. The van der Waals surface area contributed by atoms with E-state index in [2.05, 4.69) is 30.9 Å². The summed E-state index contributed by atoms with van der Waals surface area (Å²) in [6.45, 7) is 1.62. The summed E-state index contributed by atoms with van der Waals surface area (Å²) in [5, 5.41) is 2.82. The second-order valence-corrected chi connectivity index (χ2v) is 5.89. The standard InChI is InChI=1S/C13H16BrN3O2S/c1-19-13(18)16-9-4-5-17(7-9)11-3-2-8(12(15)20)6-10(11)14/h2-3,6,9H,4-5,7H2,1H3,(H2,15,20)(H,16,18). The normalized spacial score (nSPS) is 17.9. The molecule has 5 nitrogen and oxygen atoms in total. The topological polar surface area (TPSA) is 67.6 Å². The lowest BCUT2D eigenvalue weighted by Gasteiger charge is -2.21. The average molecular weight is 358 g/mol. The summed E-state index contributed by atoms with van der Waals surface area (Å²) in [6, 6.07) is 5.91. The number of carbonyl (C=O) groups excluding carboxylic acids is 1. The number of ether oxygens (including phenoxy) is 1. The van der Waals surface area contributed by atoms with Gasteiger partial charge in [0.2, 0.25) is 0 Å². The molecule has 108 valence electrons. The Hall–Kier alpha value is -1.34. The molecule has 1 aliphatic heterocycles. The Morgan fingerprint density at radius 2 is 2.35 bits per heavy atom. The number of carbonyl (C=O) groups is 1. The zero-order valence-corrected chi connectivity index (χ0v) is 13.5. The molecule has 0 aromatic heterocycles. The van der Waals surface area contributed by atoms with Gasteiger partial charge in [-0.2, -0.15) is 0 Å². The number of rotatable bonds is 3. The first kappa shape index (κ1) is 15.1. The zero-order valence-electron chi connectivity index (χ0n) is 11.1. The first-order valence-corrected chi connectivity index (χ1v) is 7.40. The molecule has 1 aliphatic rings. The van der Waals surface area contributed by atoms with Crippen LogP contribution in [0.4, 0.5) is 10.5 Å². The molecule has 3 N–H and O–H groups in total. The van der Waals surface area contributed by atoms with Gasteiger partial charge in [0.25, 0.3) is 0 Å². The van der Waals surface area contributed by atoms with E-state index in [-0.39, 0.29) is 12.1 Å². The summed E-state index contributed by atoms with van der Waals surface area (Å²) in [5.74, 6) is 0. The molecule has 0 aliphatic carbocycles. The quantitative estimate of drug-likeness (QED) is 0.810. The number of amides is 1. The van der Waals surface area contributed by atoms with Gasteiger partial charge in [0, 0.05) is 23.1 Å². The molecule has 0 saturated carbocycles. The van der Waals surface area contributed by atoms with Crippen molar-refractivity contribution < 1.29 is 9.53 Å². The van der Waals surface area contributed by atoms with E-state index in [0.29, 0.717) is 4.99 Å². The highest BCUT2D eigenvalue weighted by Crippen LogP contribution is 2.30. The number of alkyl carbamates (subject to hydrolysis) is 1. The SMILES string of the molecule is COC(=O)NC1CCN(c2ccc(C(N)=S)cc2Br)C1. The van der Waals surface area contributed by atoms with Crippen molar-refractivity contribution in [2.45, 2.75) is 12.5 Å². The van der Waals surface area contributed by atoms with Crippen molar-refractivity contribution >= 4 is 44.9 Å². The van der Waals surface area contributed by atoms with Crippen LogP contribution in [0.5, 0.6) is 0 Å². The van der Waals surface area contributed by atoms with E-state index in [4.69, 9.17) is 18.0 Å². The Bertz CT molecular complexity index is 538. The number of hydrogen-bond acceptors (Lipinski definition) is 4. The minimum absolute atomic E-state index is 0.101. The van der Waals surface area contributed by atoms with Gasteiger partial charge in [0.1, 0.15) is 4.99 Å². The van der Waals surface area contributed by atoms with Crippen LogP contribution >= 0.6 is 28.1 Å². The Kier molecular flexibility index (Phi) is 4.82. The number of anilines is 1. The van der Waals surface area contributed by atoms with Crippen molar-refractivity contribution in [1.82, 2.24) is 5.32 Å². The summed E-state index contributed by atoms with van der Waals surface area (Å²) in [7, 11) is 1.37. The number of hydrogen-bond donors (Lipinski definition) is 2. The molecule has 1 saturated heterocycles. The minimum atomic E-state index is -0.389. The van der Waals surface area contributed by atoms with Crippen molar-refractivity contribution in [1.29, 1.82) is 0 Å². The van der Waals surface area contributed by atoms with Gasteiger partial charge in [-0.1, -0.05) is 12.2 Å². The molecule has 1 heterocycles. The Balaban J connectivity index is 2.06. The number of methoxy groups -OCH3 is 1. The van der Waals surface area contributed by atoms with Crippen LogP contribution in [0.1, 0.15) is 12.0 Å². The zero-order chi connectivity index (χ0) is 14.7. The highest BCUT2D eigenvalue weighted by atomic mass is 79.9. The fourth-order valence-electron chi connectivity index (χ4n) is 2.24. The van der Waals surface area contributed by atoms with Crippen LogP contribution in [-0.4, -0.2) is 37.3 Å². The van der Waals surface area contributed by atoms with Gasteiger partial charge in [0.15, 0.2) is 0 Å². The van der Waals surface area contributed by atoms with Gasteiger partial charge in [-0.3, -0.25) is 0 Å². The molecule has 0 bridgehead atoms. The molecule has 1 aromatic carbocycles. The van der Waals surface area contributed by atoms with Gasteiger partial charge in [0.05, 0.1) is 18.8 Å². The Morgan fingerprint density at radius 3 is 2.95 bits per heavy atom. The predicted octanol–water partition coefficient (Wildman–Crippen LogP) is 2.02. The average Bonchev–Trinajstić information content (AvgIpc) is 2.86. The highest BCUT2D eigenvalue weighted by molar-refractivity contribution is 9.10. The summed E-state index contributed by atoms with van der Waals surface area (Å²) in [4.78, 5) is 13.8. The van der Waals surface area contributed by atoms with Gasteiger partial charge in [-0.25, -0.2) is 4.79 Å². The fraction of sp³-hybridized carbons (Fsp3) is 0.385. The Labute approximate surface area is 131 Å². The monoisotopic (exact) mass is 357 g/mol. The lowest BCUT2D eigenvalue weighted by atomic mass is 10.2. The van der Waals surface area contributed by atoms with E-state index < -0.39 is 0 Å². The summed E-state index contributed by atoms with van der Waals surface area (Å²) in [6.07, 6.45) is 0.498. The molecule has 2 rings (SSSR count). The minimum Gasteiger partial charge on any atom is -0.453 e. The van der Waals surface area contributed by atoms with Crippen LogP contribution in [0.2, 0.25) is 0 Å². The number of nitrogens with zero attached hydrogens (tertiary/aromatic N) is 1. The molecule has 20 heavy (non-hydrogen) atoms. The molecule has 7 heteroatoms. The lowest BCUT2D eigenvalue weighted by Crippen LogP contribution is -2.37. The van der Waals surface area contributed by atoms with Crippen LogP contribution in [0.25, 0.3) is 0 Å². The molecule has 1 atom stereocenters. The molecule has 1 aromatic rings. The third kappa shape index (κ3) is 3.40. The van der Waals surface area contributed by atoms with Crippen molar-refractivity contribution in [2.24, 2.45) is 5.73 Å². The van der Waals surface area contributed by atoms with Gasteiger partial charge in [-0.05, 0) is 40.5 Å². The summed E-state index contributed by atoms with van der Waals surface area (Å²) < 4.78 is 5.56. The highest BCUT2D eigenvalue weighted by Gasteiger charge is 2.25. The van der Waals surface area contributed by atoms with Gasteiger partial charge >= 0.3 is 6.09 Å². The number of benzene rings is 1. The lowest BCUT2D eigenvalue weighted by molar-refractivity contribution is 0.167. The van der Waals surface area contributed by atoms with Crippen molar-refractivity contribution in [3.05, 3.63) is 28.2 Å². The maximum atomic E-state index is 11.2. The second-order valence-electron chi connectivity index (χ2n) is 4.60. The number of halogens is 1. The third-order valence-corrected chi connectivity index (χ3v) is 4.14. The molecule has 1 amide bonds. The molecule has 0 spiro atoms. The van der Waals surface area contributed by atoms with E-state index in [1.807, 2.05) is 18.2 Å². The fourth-order valence-corrected chi connectivity index (χ4v) is 3.00. The predicted molar refractivity (Wildman–Crippen MR) is 86.2 cm³/mol. The third-order valence-electron chi connectivity index (χ3n) is 3.27. The van der Waals surface area contributed by atoms with E-state index in [1.165, 1.54) is 7.11 Å². The largest absolute Gasteiger partial charge is 0.453 e. The van der Waals surface area contributed by atoms with Crippen LogP contribution in [-0.2, 0) is 4.74 Å². The van der Waals surface area contributed by atoms with Crippen molar-refractivity contribution in [3.63, 3.8) is 0 Å². The van der Waals surface area contributed by atoms with E-state index in [1.54, 1.807) is 0 Å². The smallest absolute Gasteiger partial charge is 0.407 e. The van der Waals surface area contributed by atoms with E-state index in [9.17, 15) is 4.79 Å². The molecule has 1 fully saturated rings. The number of nitrogens with one attached hydrogen (secondary N) is 1. The molecular weight excluding hydrogens is 342 g/mol. The second kappa shape index (κ2) is 6.41. The maximum absolute atomic E-state index is 11.2. The first-order chi connectivity index (χ1) is 9.51.